The van der Waals surface area contributed by atoms with Gasteiger partial charge in [0.05, 0.1) is 6.54 Å². The molecule has 0 bridgehead atoms. The average molecular weight is 298 g/mol. The number of carbonyl (C=O) groups is 1. The molecule has 1 aromatic heterocycles. The number of aryl methyl sites for hydroxylation is 2. The van der Waals surface area contributed by atoms with Gasteiger partial charge in [0.2, 0.25) is 0 Å². The normalized spacial score (nSPS) is 10.5. The zero-order valence-corrected chi connectivity index (χ0v) is 12.2. The Balaban J connectivity index is 2.35. The molecule has 0 atom stereocenters. The minimum absolute atomic E-state index is 0.324. The number of halogens is 2. The number of thiophene rings is 1. The van der Waals surface area contributed by atoms with Crippen molar-refractivity contribution in [2.45, 2.75) is 20.4 Å². The lowest BCUT2D eigenvalue weighted by Crippen LogP contribution is -2.25. The molecule has 0 aliphatic heterocycles. The molecule has 0 radical (unpaired) electrons. The molecule has 1 heterocycles. The van der Waals surface area contributed by atoms with E-state index in [2.05, 4.69) is 0 Å². The van der Waals surface area contributed by atoms with E-state index in [9.17, 15) is 9.18 Å². The van der Waals surface area contributed by atoms with Gasteiger partial charge in [0.25, 0.3) is 0 Å². The van der Waals surface area contributed by atoms with Crippen LogP contribution in [0.4, 0.5) is 14.9 Å². The Bertz CT molecular complexity index is 611. The predicted molar refractivity (Wildman–Crippen MR) is 77.6 cm³/mol. The first kappa shape index (κ1) is 14.0. The summed E-state index contributed by atoms with van der Waals surface area (Å²) in [5.41, 5.74) is 2.44. The van der Waals surface area contributed by atoms with Crippen molar-refractivity contribution in [3.63, 3.8) is 0 Å². The van der Waals surface area contributed by atoms with E-state index in [1.165, 1.54) is 17.0 Å². The van der Waals surface area contributed by atoms with E-state index in [0.717, 1.165) is 10.4 Å². The van der Waals surface area contributed by atoms with Crippen LogP contribution in [0.5, 0.6) is 0 Å². The molecule has 0 N–H and O–H groups in total. The van der Waals surface area contributed by atoms with Gasteiger partial charge in [-0.25, -0.2) is 4.39 Å². The van der Waals surface area contributed by atoms with Gasteiger partial charge in [0.1, 0.15) is 5.82 Å². The standard InChI is InChI=1S/C14H13ClFNOS/c1-9-5-6-19-13(9)8-17(14(15)18)12-4-3-11(16)7-10(12)2/h3-7H,8H2,1-2H3. The number of hydrogen-bond acceptors (Lipinski definition) is 2. The second-order valence-corrected chi connectivity index (χ2v) is 5.62. The highest BCUT2D eigenvalue weighted by molar-refractivity contribution is 7.10. The van der Waals surface area contributed by atoms with Gasteiger partial charge in [-0.1, -0.05) is 0 Å². The Hall–Kier alpha value is -1.39. The fourth-order valence-corrected chi connectivity index (χ4v) is 2.92. The van der Waals surface area contributed by atoms with Crippen molar-refractivity contribution in [2.75, 3.05) is 4.90 Å². The van der Waals surface area contributed by atoms with Crippen LogP contribution < -0.4 is 4.90 Å². The first-order valence-corrected chi connectivity index (χ1v) is 7.01. The van der Waals surface area contributed by atoms with Crippen LogP contribution in [-0.4, -0.2) is 5.37 Å². The zero-order valence-electron chi connectivity index (χ0n) is 10.6. The van der Waals surface area contributed by atoms with Gasteiger partial charge in [-0.15, -0.1) is 11.3 Å². The lowest BCUT2D eigenvalue weighted by Gasteiger charge is -2.21. The molecule has 19 heavy (non-hydrogen) atoms. The van der Waals surface area contributed by atoms with Gasteiger partial charge in [-0.3, -0.25) is 9.69 Å². The minimum atomic E-state index is -0.567. The summed E-state index contributed by atoms with van der Waals surface area (Å²) in [6.45, 7) is 4.14. The van der Waals surface area contributed by atoms with E-state index in [1.54, 1.807) is 24.3 Å². The molecule has 1 aromatic carbocycles. The molecule has 2 aromatic rings. The summed E-state index contributed by atoms with van der Waals surface area (Å²) in [6, 6.07) is 6.29. The Morgan fingerprint density at radius 2 is 2.05 bits per heavy atom. The molecule has 0 spiro atoms. The van der Waals surface area contributed by atoms with E-state index in [0.29, 0.717) is 17.8 Å². The maximum atomic E-state index is 13.1. The number of rotatable bonds is 3. The molecule has 2 rings (SSSR count). The van der Waals surface area contributed by atoms with Crippen molar-refractivity contribution in [1.82, 2.24) is 0 Å². The van der Waals surface area contributed by atoms with Gasteiger partial charge < -0.3 is 0 Å². The molecule has 0 fully saturated rings. The molecule has 0 saturated carbocycles. The molecule has 0 saturated heterocycles. The largest absolute Gasteiger partial charge is 0.321 e. The number of nitrogens with zero attached hydrogens (tertiary/aromatic N) is 1. The topological polar surface area (TPSA) is 20.3 Å². The highest BCUT2D eigenvalue weighted by Crippen LogP contribution is 2.27. The summed E-state index contributed by atoms with van der Waals surface area (Å²) in [5, 5.41) is 1.40. The Kier molecular flexibility index (Phi) is 4.22. The number of benzene rings is 1. The van der Waals surface area contributed by atoms with Gasteiger partial charge in [0, 0.05) is 10.6 Å². The van der Waals surface area contributed by atoms with Crippen molar-refractivity contribution >= 4 is 34.0 Å². The van der Waals surface area contributed by atoms with Crippen LogP contribution >= 0.6 is 22.9 Å². The fourth-order valence-electron chi connectivity index (χ4n) is 1.87. The van der Waals surface area contributed by atoms with Gasteiger partial charge in [-0.05, 0) is 66.2 Å². The molecule has 5 heteroatoms. The second kappa shape index (κ2) is 5.72. The maximum absolute atomic E-state index is 13.1. The van der Waals surface area contributed by atoms with Gasteiger partial charge in [-0.2, -0.15) is 0 Å². The minimum Gasteiger partial charge on any atom is -0.293 e. The van der Waals surface area contributed by atoms with Crippen LogP contribution in [-0.2, 0) is 6.54 Å². The zero-order chi connectivity index (χ0) is 14.0. The number of carbonyl (C=O) groups excluding carboxylic acids is 1. The highest BCUT2D eigenvalue weighted by Gasteiger charge is 2.17. The first-order chi connectivity index (χ1) is 8.99. The van der Waals surface area contributed by atoms with Crippen molar-refractivity contribution in [3.05, 3.63) is 51.5 Å². The molecule has 1 amide bonds. The first-order valence-electron chi connectivity index (χ1n) is 5.75. The van der Waals surface area contributed by atoms with Crippen LogP contribution in [0.25, 0.3) is 0 Å². The van der Waals surface area contributed by atoms with Crippen LogP contribution in [0.2, 0.25) is 0 Å². The third-order valence-corrected chi connectivity index (χ3v) is 4.14. The molecule has 100 valence electrons. The number of hydrogen-bond donors (Lipinski definition) is 0. The van der Waals surface area contributed by atoms with E-state index in [1.807, 2.05) is 18.4 Å². The highest BCUT2D eigenvalue weighted by atomic mass is 35.5. The van der Waals surface area contributed by atoms with E-state index in [4.69, 9.17) is 11.6 Å². The van der Waals surface area contributed by atoms with E-state index >= 15 is 0 Å². The van der Waals surface area contributed by atoms with E-state index < -0.39 is 5.37 Å². The van der Waals surface area contributed by atoms with Crippen molar-refractivity contribution in [2.24, 2.45) is 0 Å². The average Bonchev–Trinajstić information content (AvgIpc) is 2.72. The van der Waals surface area contributed by atoms with Gasteiger partial charge >= 0.3 is 5.37 Å². The summed E-state index contributed by atoms with van der Waals surface area (Å²) in [7, 11) is 0. The smallest absolute Gasteiger partial charge is 0.293 e. The summed E-state index contributed by atoms with van der Waals surface area (Å²) in [4.78, 5) is 14.1. The number of anilines is 1. The molecular formula is C14H13ClFNOS. The SMILES string of the molecule is Cc1cc(F)ccc1N(Cc1sccc1C)C(=O)Cl. The van der Waals surface area contributed by atoms with Gasteiger partial charge in [0.15, 0.2) is 0 Å². The van der Waals surface area contributed by atoms with Crippen LogP contribution in [0, 0.1) is 19.7 Å². The quantitative estimate of drug-likeness (QED) is 0.584. The monoisotopic (exact) mass is 297 g/mol. The molecular weight excluding hydrogens is 285 g/mol. The second-order valence-electron chi connectivity index (χ2n) is 4.30. The number of amides is 1. The van der Waals surface area contributed by atoms with Crippen molar-refractivity contribution in [1.29, 1.82) is 0 Å². The lowest BCUT2D eigenvalue weighted by molar-refractivity contribution is 0.264. The third kappa shape index (κ3) is 3.14. The predicted octanol–water partition coefficient (Wildman–Crippen LogP) is 4.87. The van der Waals surface area contributed by atoms with Crippen LogP contribution in [0.3, 0.4) is 0 Å². The molecule has 0 aliphatic carbocycles. The lowest BCUT2D eigenvalue weighted by atomic mass is 10.1. The van der Waals surface area contributed by atoms with E-state index in [-0.39, 0.29) is 5.82 Å². The van der Waals surface area contributed by atoms with Crippen molar-refractivity contribution < 1.29 is 9.18 Å². The third-order valence-electron chi connectivity index (χ3n) is 2.93. The summed E-state index contributed by atoms with van der Waals surface area (Å²) in [5.74, 6) is -0.324. The van der Waals surface area contributed by atoms with Crippen LogP contribution in [0.1, 0.15) is 16.0 Å². The Labute approximate surface area is 120 Å². The summed E-state index contributed by atoms with van der Waals surface area (Å²) >= 11 is 7.23. The molecule has 2 nitrogen and oxygen atoms in total. The van der Waals surface area contributed by atoms with Crippen molar-refractivity contribution in [3.8, 4) is 0 Å². The summed E-state index contributed by atoms with van der Waals surface area (Å²) in [6.07, 6.45) is 0. The van der Waals surface area contributed by atoms with Crippen LogP contribution in [0.15, 0.2) is 29.6 Å². The Morgan fingerprint density at radius 3 is 2.58 bits per heavy atom. The summed E-state index contributed by atoms with van der Waals surface area (Å²) < 4.78 is 13.1. The molecule has 0 unspecified atom stereocenters. The fraction of sp³-hybridized carbons (Fsp3) is 0.214. The maximum Gasteiger partial charge on any atom is 0.321 e. The molecule has 0 aliphatic rings. The Morgan fingerprint density at radius 1 is 1.32 bits per heavy atom.